The molecule has 2 aliphatic carbocycles. The summed E-state index contributed by atoms with van der Waals surface area (Å²) in [5, 5.41) is 9.95. The highest BCUT2D eigenvalue weighted by atomic mass is 79.9. The lowest BCUT2D eigenvalue weighted by Crippen LogP contribution is -2.44. The van der Waals surface area contributed by atoms with E-state index in [1.54, 1.807) is 6.20 Å². The van der Waals surface area contributed by atoms with Crippen molar-refractivity contribution in [2.24, 2.45) is 5.92 Å². The van der Waals surface area contributed by atoms with Gasteiger partial charge in [0.05, 0.1) is 10.4 Å². The molecule has 5 rings (SSSR count). The van der Waals surface area contributed by atoms with Gasteiger partial charge in [0.25, 0.3) is 5.91 Å². The van der Waals surface area contributed by atoms with Crippen molar-refractivity contribution in [1.29, 1.82) is 0 Å². The number of carbonyl (C=O) groups excluding carboxylic acids is 2. The molecule has 1 aromatic heterocycles. The molecular weight excluding hydrogens is 546 g/mol. The van der Waals surface area contributed by atoms with Crippen LogP contribution in [-0.4, -0.2) is 76.4 Å². The highest BCUT2D eigenvalue weighted by Crippen LogP contribution is 2.37. The van der Waals surface area contributed by atoms with E-state index in [4.69, 9.17) is 0 Å². The van der Waals surface area contributed by atoms with E-state index in [1.807, 2.05) is 36.2 Å². The largest absolute Gasteiger partial charge is 0.365 e. The highest BCUT2D eigenvalue weighted by Gasteiger charge is 2.42. The number of hydrogen-bond donors (Lipinski definition) is 3. The van der Waals surface area contributed by atoms with E-state index < -0.39 is 0 Å². The predicted molar refractivity (Wildman–Crippen MR) is 153 cm³/mol. The fraction of sp³-hybridized carbons (Fsp3) is 0.571. The molecule has 204 valence electrons. The number of nitrogens with zero attached hydrogens (tertiary/aromatic N) is 4. The third-order valence-electron chi connectivity index (χ3n) is 8.29. The van der Waals surface area contributed by atoms with Gasteiger partial charge in [-0.15, -0.1) is 0 Å². The molecular formula is C28H38BrN7O2. The van der Waals surface area contributed by atoms with Crippen LogP contribution in [0.25, 0.3) is 0 Å². The minimum Gasteiger partial charge on any atom is -0.365 e. The SMILES string of the molecule is CN1CCC(N(C)C(=O)c2ccc(Nc3ncc(Br)c(N[C@@H]4CCC[C@@H]4C(=O)NC4(C)CC4)n3)cc2)CC1. The first-order valence-corrected chi connectivity index (χ1v) is 14.4. The molecule has 9 nitrogen and oxygen atoms in total. The molecule has 3 fully saturated rings. The van der Waals surface area contributed by atoms with Crippen LogP contribution >= 0.6 is 15.9 Å². The zero-order chi connectivity index (χ0) is 26.9. The molecule has 38 heavy (non-hydrogen) atoms. The molecule has 1 aliphatic heterocycles. The average Bonchev–Trinajstić information content (AvgIpc) is 3.44. The molecule has 2 atom stereocenters. The number of halogens is 1. The first-order valence-electron chi connectivity index (χ1n) is 13.6. The van der Waals surface area contributed by atoms with Gasteiger partial charge >= 0.3 is 0 Å². The van der Waals surface area contributed by atoms with Gasteiger partial charge in [0.2, 0.25) is 11.9 Å². The Balaban J connectivity index is 1.20. The Morgan fingerprint density at radius 1 is 1.11 bits per heavy atom. The summed E-state index contributed by atoms with van der Waals surface area (Å²) in [7, 11) is 4.03. The van der Waals surface area contributed by atoms with Crippen molar-refractivity contribution in [1.82, 2.24) is 25.1 Å². The van der Waals surface area contributed by atoms with Crippen molar-refractivity contribution in [3.05, 3.63) is 40.5 Å². The molecule has 2 saturated carbocycles. The van der Waals surface area contributed by atoms with Crippen LogP contribution in [0.3, 0.4) is 0 Å². The van der Waals surface area contributed by atoms with Gasteiger partial charge in [-0.05, 0) is 106 Å². The average molecular weight is 585 g/mol. The zero-order valence-corrected chi connectivity index (χ0v) is 24.1. The van der Waals surface area contributed by atoms with Crippen molar-refractivity contribution >= 4 is 45.2 Å². The molecule has 0 spiro atoms. The number of rotatable bonds is 8. The van der Waals surface area contributed by atoms with Crippen molar-refractivity contribution < 1.29 is 9.59 Å². The minimum absolute atomic E-state index is 0.0146. The van der Waals surface area contributed by atoms with Gasteiger partial charge in [0.15, 0.2) is 0 Å². The quantitative estimate of drug-likeness (QED) is 0.423. The summed E-state index contributed by atoms with van der Waals surface area (Å²) in [5.41, 5.74) is 1.45. The Morgan fingerprint density at radius 3 is 2.50 bits per heavy atom. The van der Waals surface area contributed by atoms with Gasteiger partial charge in [-0.3, -0.25) is 9.59 Å². The van der Waals surface area contributed by atoms with Gasteiger partial charge in [-0.25, -0.2) is 4.98 Å². The van der Waals surface area contributed by atoms with E-state index in [0.29, 0.717) is 17.3 Å². The number of aromatic nitrogens is 2. The molecule has 3 aliphatic rings. The molecule has 2 heterocycles. The number of nitrogens with one attached hydrogen (secondary N) is 3. The van der Waals surface area contributed by atoms with Crippen LogP contribution in [-0.2, 0) is 4.79 Å². The number of anilines is 3. The summed E-state index contributed by atoms with van der Waals surface area (Å²) in [6.45, 7) is 4.14. The van der Waals surface area contributed by atoms with Gasteiger partial charge in [0.1, 0.15) is 5.82 Å². The summed E-state index contributed by atoms with van der Waals surface area (Å²) in [5.74, 6) is 1.23. The van der Waals surface area contributed by atoms with Crippen LogP contribution in [0.5, 0.6) is 0 Å². The van der Waals surface area contributed by atoms with E-state index in [-0.39, 0.29) is 35.4 Å². The van der Waals surface area contributed by atoms with Gasteiger partial charge in [-0.2, -0.15) is 4.98 Å². The van der Waals surface area contributed by atoms with Crippen LogP contribution in [0.4, 0.5) is 17.5 Å². The summed E-state index contributed by atoms with van der Waals surface area (Å²) in [6.07, 6.45) is 8.64. The number of likely N-dealkylation sites (tertiary alicyclic amines) is 1. The van der Waals surface area contributed by atoms with E-state index in [9.17, 15) is 9.59 Å². The summed E-state index contributed by atoms with van der Waals surface area (Å²) < 4.78 is 0.751. The van der Waals surface area contributed by atoms with Crippen molar-refractivity contribution in [3.63, 3.8) is 0 Å². The lowest BCUT2D eigenvalue weighted by atomic mass is 10.0. The van der Waals surface area contributed by atoms with E-state index in [0.717, 1.165) is 68.2 Å². The van der Waals surface area contributed by atoms with E-state index in [2.05, 4.69) is 60.7 Å². The number of benzene rings is 1. The molecule has 2 amide bonds. The maximum atomic E-state index is 13.0. The number of piperidine rings is 1. The topological polar surface area (TPSA) is 102 Å². The van der Waals surface area contributed by atoms with E-state index >= 15 is 0 Å². The van der Waals surface area contributed by atoms with Gasteiger partial charge < -0.3 is 25.8 Å². The molecule has 0 unspecified atom stereocenters. The maximum Gasteiger partial charge on any atom is 0.253 e. The summed E-state index contributed by atoms with van der Waals surface area (Å²) in [6, 6.07) is 7.75. The molecule has 1 saturated heterocycles. The van der Waals surface area contributed by atoms with Crippen molar-refractivity contribution in [2.75, 3.05) is 37.8 Å². The van der Waals surface area contributed by atoms with Gasteiger partial charge in [-0.1, -0.05) is 6.42 Å². The van der Waals surface area contributed by atoms with Crippen LogP contribution < -0.4 is 16.0 Å². The Kier molecular flexibility index (Phi) is 7.90. The van der Waals surface area contributed by atoms with E-state index in [1.165, 1.54) is 0 Å². The second kappa shape index (κ2) is 11.2. The van der Waals surface area contributed by atoms with Crippen molar-refractivity contribution in [3.8, 4) is 0 Å². The smallest absolute Gasteiger partial charge is 0.253 e. The third-order valence-corrected chi connectivity index (χ3v) is 8.87. The van der Waals surface area contributed by atoms with Gasteiger partial charge in [0, 0.05) is 42.1 Å². The number of amides is 2. The summed E-state index contributed by atoms with van der Waals surface area (Å²) in [4.78, 5) is 39.2. The maximum absolute atomic E-state index is 13.0. The predicted octanol–water partition coefficient (Wildman–Crippen LogP) is 4.40. The minimum atomic E-state index is -0.0663. The standard InChI is InChI=1S/C28H38BrN7O2/c1-28(13-14-28)34-25(37)21-5-4-6-23(21)32-24-22(29)17-30-27(33-24)31-19-9-7-18(8-10-19)26(38)36(3)20-11-15-35(2)16-12-20/h7-10,17,20-21,23H,4-6,11-16H2,1-3H3,(H,34,37)(H2,30,31,32,33)/t21-,23+/m0/s1. The molecule has 0 bridgehead atoms. The lowest BCUT2D eigenvalue weighted by Gasteiger charge is -2.35. The Labute approximate surface area is 233 Å². The molecule has 1 aromatic carbocycles. The first kappa shape index (κ1) is 26.9. The third kappa shape index (κ3) is 6.29. The molecule has 3 N–H and O–H groups in total. The van der Waals surface area contributed by atoms with Crippen LogP contribution in [0.1, 0.15) is 62.2 Å². The number of hydrogen-bond acceptors (Lipinski definition) is 7. The number of carbonyl (C=O) groups is 2. The fourth-order valence-electron chi connectivity index (χ4n) is 5.43. The van der Waals surface area contributed by atoms with Crippen molar-refractivity contribution in [2.45, 2.75) is 69.5 Å². The molecule has 10 heteroatoms. The van der Waals surface area contributed by atoms with Crippen LogP contribution in [0.15, 0.2) is 34.9 Å². The lowest BCUT2D eigenvalue weighted by molar-refractivity contribution is -0.125. The highest BCUT2D eigenvalue weighted by molar-refractivity contribution is 9.10. The second-order valence-electron chi connectivity index (χ2n) is 11.4. The normalized spacial score (nSPS) is 23.1. The molecule has 0 radical (unpaired) electrons. The van der Waals surface area contributed by atoms with Crippen LogP contribution in [0.2, 0.25) is 0 Å². The summed E-state index contributed by atoms with van der Waals surface area (Å²) >= 11 is 3.55. The first-order chi connectivity index (χ1) is 18.2. The Hall–Kier alpha value is -2.72. The monoisotopic (exact) mass is 583 g/mol. The Morgan fingerprint density at radius 2 is 1.82 bits per heavy atom. The van der Waals surface area contributed by atoms with Crippen LogP contribution in [0, 0.1) is 5.92 Å². The Bertz CT molecular complexity index is 1160. The second-order valence-corrected chi connectivity index (χ2v) is 12.2. The fourth-order valence-corrected chi connectivity index (χ4v) is 5.74. The zero-order valence-electron chi connectivity index (χ0n) is 22.5. The molecule has 2 aromatic rings.